The summed E-state index contributed by atoms with van der Waals surface area (Å²) in [5.74, 6) is -0.276. The summed E-state index contributed by atoms with van der Waals surface area (Å²) in [6.07, 6.45) is -7.84. The number of hydrogen-bond acceptors (Lipinski definition) is 5. The second-order valence-electron chi connectivity index (χ2n) is 6.63. The molecule has 0 aromatic heterocycles. The molecule has 0 bridgehead atoms. The molecule has 0 saturated carbocycles. The SMILES string of the molecule is COc1ccc(C(=O)N2N=C(C(F)F)C[C@]2(O)C(F)F)cc1COc1ccc(Br)cc1. The predicted octanol–water partition coefficient (Wildman–Crippen LogP) is 4.46. The van der Waals surface area contributed by atoms with Gasteiger partial charge in [-0.25, -0.2) is 17.6 Å². The van der Waals surface area contributed by atoms with E-state index in [9.17, 15) is 27.5 Å². The molecule has 1 aliphatic rings. The highest BCUT2D eigenvalue weighted by molar-refractivity contribution is 9.10. The average Bonchev–Trinajstić information content (AvgIpc) is 3.12. The number of carbonyl (C=O) groups is 1. The molecule has 0 fully saturated rings. The van der Waals surface area contributed by atoms with Crippen molar-refractivity contribution >= 4 is 27.5 Å². The number of rotatable bonds is 7. The summed E-state index contributed by atoms with van der Waals surface area (Å²) in [6, 6.07) is 10.9. The summed E-state index contributed by atoms with van der Waals surface area (Å²) in [7, 11) is 1.40. The Morgan fingerprint density at radius 2 is 1.90 bits per heavy atom. The first-order valence-electron chi connectivity index (χ1n) is 8.91. The van der Waals surface area contributed by atoms with E-state index in [-0.39, 0.29) is 17.2 Å². The second kappa shape index (κ2) is 9.23. The van der Waals surface area contributed by atoms with E-state index in [1.807, 2.05) is 0 Å². The summed E-state index contributed by atoms with van der Waals surface area (Å²) in [4.78, 5) is 12.8. The predicted molar refractivity (Wildman–Crippen MR) is 107 cm³/mol. The van der Waals surface area contributed by atoms with Crippen molar-refractivity contribution in [2.24, 2.45) is 5.10 Å². The molecule has 2 aromatic carbocycles. The maximum absolute atomic E-state index is 13.4. The van der Waals surface area contributed by atoms with E-state index in [2.05, 4.69) is 21.0 Å². The number of hydrogen-bond donors (Lipinski definition) is 1. The third-order valence-electron chi connectivity index (χ3n) is 4.57. The van der Waals surface area contributed by atoms with Gasteiger partial charge in [0.05, 0.1) is 7.11 Å². The molecule has 0 radical (unpaired) electrons. The van der Waals surface area contributed by atoms with E-state index >= 15 is 0 Å². The molecule has 1 atom stereocenters. The Balaban J connectivity index is 1.88. The second-order valence-corrected chi connectivity index (χ2v) is 7.55. The standard InChI is InChI=1S/C20H17BrF4N2O4/c1-30-16-7-2-11(8-12(16)10-31-14-5-3-13(21)4-6-14)18(28)27-20(29,19(24)25)9-15(26-27)17(22)23/h2-8,17,19,29H,9-10H2,1H3/t20-/m0/s1. The molecule has 0 saturated heterocycles. The molecule has 3 rings (SSSR count). The monoisotopic (exact) mass is 504 g/mol. The molecule has 1 N–H and O–H groups in total. The minimum absolute atomic E-state index is 0.0142. The van der Waals surface area contributed by atoms with Crippen molar-refractivity contribution in [3.8, 4) is 11.5 Å². The van der Waals surface area contributed by atoms with Crippen LogP contribution in [0.1, 0.15) is 22.3 Å². The lowest BCUT2D eigenvalue weighted by molar-refractivity contribution is -0.164. The lowest BCUT2D eigenvalue weighted by Gasteiger charge is -2.30. The number of alkyl halides is 4. The highest BCUT2D eigenvalue weighted by Gasteiger charge is 2.53. The van der Waals surface area contributed by atoms with E-state index in [0.717, 1.165) is 4.47 Å². The van der Waals surface area contributed by atoms with Crippen LogP contribution < -0.4 is 9.47 Å². The minimum atomic E-state index is -3.50. The van der Waals surface area contributed by atoms with E-state index in [0.29, 0.717) is 17.1 Å². The van der Waals surface area contributed by atoms with Crippen molar-refractivity contribution in [1.82, 2.24) is 5.01 Å². The zero-order chi connectivity index (χ0) is 22.8. The Morgan fingerprint density at radius 3 is 2.48 bits per heavy atom. The van der Waals surface area contributed by atoms with E-state index in [1.54, 1.807) is 24.3 Å². The van der Waals surface area contributed by atoms with Crippen LogP contribution in [0.5, 0.6) is 11.5 Å². The smallest absolute Gasteiger partial charge is 0.287 e. The van der Waals surface area contributed by atoms with Gasteiger partial charge in [0.2, 0.25) is 5.72 Å². The Hall–Kier alpha value is -2.66. The Labute approximate surface area is 183 Å². The molecule has 31 heavy (non-hydrogen) atoms. The number of amides is 1. The quantitative estimate of drug-likeness (QED) is 0.565. The van der Waals surface area contributed by atoms with Crippen LogP contribution in [-0.2, 0) is 6.61 Å². The van der Waals surface area contributed by atoms with Gasteiger partial charge in [0.1, 0.15) is 23.8 Å². The van der Waals surface area contributed by atoms with Crippen LogP contribution in [-0.4, -0.2) is 47.4 Å². The van der Waals surface area contributed by atoms with Crippen molar-refractivity contribution in [2.75, 3.05) is 7.11 Å². The van der Waals surface area contributed by atoms with Crippen LogP contribution in [0.3, 0.4) is 0 Å². The highest BCUT2D eigenvalue weighted by atomic mass is 79.9. The van der Waals surface area contributed by atoms with Gasteiger partial charge in [-0.2, -0.15) is 10.1 Å². The van der Waals surface area contributed by atoms with Crippen LogP contribution in [0.2, 0.25) is 0 Å². The summed E-state index contributed by atoms with van der Waals surface area (Å²) in [5.41, 5.74) is -3.91. The normalized spacial score (nSPS) is 18.5. The van der Waals surface area contributed by atoms with Crippen LogP contribution >= 0.6 is 15.9 Å². The molecule has 0 aliphatic carbocycles. The van der Waals surface area contributed by atoms with Crippen molar-refractivity contribution in [1.29, 1.82) is 0 Å². The number of methoxy groups -OCH3 is 1. The Kier molecular flexibility index (Phi) is 6.85. The van der Waals surface area contributed by atoms with Crippen molar-refractivity contribution in [3.05, 3.63) is 58.1 Å². The van der Waals surface area contributed by atoms with Gasteiger partial charge in [0, 0.05) is 22.0 Å². The first-order valence-corrected chi connectivity index (χ1v) is 9.71. The number of aliphatic hydroxyl groups is 1. The third kappa shape index (κ3) is 4.82. The van der Waals surface area contributed by atoms with Gasteiger partial charge >= 0.3 is 0 Å². The van der Waals surface area contributed by atoms with Crippen LogP contribution in [0, 0.1) is 0 Å². The fourth-order valence-corrected chi connectivity index (χ4v) is 3.21. The first kappa shape index (κ1) is 23.0. The lowest BCUT2D eigenvalue weighted by Crippen LogP contribution is -2.51. The van der Waals surface area contributed by atoms with Gasteiger partial charge < -0.3 is 14.6 Å². The van der Waals surface area contributed by atoms with Crippen molar-refractivity contribution in [2.45, 2.75) is 31.6 Å². The number of halogens is 5. The molecular formula is C20H17BrF4N2O4. The number of ether oxygens (including phenoxy) is 2. The van der Waals surface area contributed by atoms with Crippen molar-refractivity contribution < 1.29 is 36.9 Å². The van der Waals surface area contributed by atoms with Crippen LogP contribution in [0.15, 0.2) is 52.0 Å². The molecule has 1 aliphatic heterocycles. The van der Waals surface area contributed by atoms with Gasteiger partial charge in [-0.1, -0.05) is 15.9 Å². The number of nitrogens with zero attached hydrogens (tertiary/aromatic N) is 2. The molecule has 0 unspecified atom stereocenters. The lowest BCUT2D eigenvalue weighted by atomic mass is 10.1. The number of benzene rings is 2. The molecule has 166 valence electrons. The molecule has 6 nitrogen and oxygen atoms in total. The van der Waals surface area contributed by atoms with Gasteiger partial charge in [-0.15, -0.1) is 0 Å². The topological polar surface area (TPSA) is 71.4 Å². The maximum Gasteiger partial charge on any atom is 0.287 e. The fourth-order valence-electron chi connectivity index (χ4n) is 2.94. The summed E-state index contributed by atoms with van der Waals surface area (Å²) >= 11 is 3.31. The first-order chi connectivity index (χ1) is 14.7. The van der Waals surface area contributed by atoms with Crippen molar-refractivity contribution in [3.63, 3.8) is 0 Å². The number of hydrazone groups is 1. The molecule has 11 heteroatoms. The van der Waals surface area contributed by atoms with Crippen LogP contribution in [0.25, 0.3) is 0 Å². The van der Waals surface area contributed by atoms with E-state index < -0.39 is 36.6 Å². The summed E-state index contributed by atoms with van der Waals surface area (Å²) < 4.78 is 64.5. The van der Waals surface area contributed by atoms with E-state index in [1.165, 1.54) is 25.3 Å². The van der Waals surface area contributed by atoms with Gasteiger partial charge in [-0.05, 0) is 42.5 Å². The summed E-state index contributed by atoms with van der Waals surface area (Å²) in [6.45, 7) is -0.0312. The molecule has 0 spiro atoms. The molecule has 1 heterocycles. The maximum atomic E-state index is 13.4. The zero-order valence-corrected chi connectivity index (χ0v) is 17.7. The van der Waals surface area contributed by atoms with Gasteiger partial charge in [0.25, 0.3) is 18.8 Å². The van der Waals surface area contributed by atoms with Gasteiger partial charge in [-0.3, -0.25) is 4.79 Å². The van der Waals surface area contributed by atoms with Gasteiger partial charge in [0.15, 0.2) is 0 Å². The Morgan fingerprint density at radius 1 is 1.23 bits per heavy atom. The summed E-state index contributed by atoms with van der Waals surface area (Å²) in [5, 5.41) is 13.5. The largest absolute Gasteiger partial charge is 0.496 e. The number of carbonyl (C=O) groups excluding carboxylic acids is 1. The third-order valence-corrected chi connectivity index (χ3v) is 5.09. The molecule has 1 amide bonds. The highest BCUT2D eigenvalue weighted by Crippen LogP contribution is 2.35. The zero-order valence-electron chi connectivity index (χ0n) is 16.1. The average molecular weight is 505 g/mol. The van der Waals surface area contributed by atoms with E-state index in [4.69, 9.17) is 9.47 Å². The Bertz CT molecular complexity index is 988. The molecule has 2 aromatic rings. The molecular weight excluding hydrogens is 488 g/mol. The minimum Gasteiger partial charge on any atom is -0.496 e. The van der Waals surface area contributed by atoms with Crippen LogP contribution in [0.4, 0.5) is 17.6 Å². The fraction of sp³-hybridized carbons (Fsp3) is 0.300.